The zero-order valence-corrected chi connectivity index (χ0v) is 13.0. The Labute approximate surface area is 123 Å². The van der Waals surface area contributed by atoms with Crippen molar-refractivity contribution in [2.24, 2.45) is 11.8 Å². The highest BCUT2D eigenvalue weighted by molar-refractivity contribution is 5.79. The number of rotatable bonds is 6. The van der Waals surface area contributed by atoms with Gasteiger partial charge in [0, 0.05) is 13.0 Å². The molecular weight excluding hydrogens is 246 g/mol. The van der Waals surface area contributed by atoms with Crippen molar-refractivity contribution >= 4 is 5.91 Å². The fraction of sp³-hybridized carbons (Fsp3) is 0.611. The third kappa shape index (κ3) is 3.62. The van der Waals surface area contributed by atoms with Crippen LogP contribution < -0.4 is 0 Å². The molecule has 2 rings (SSSR count). The van der Waals surface area contributed by atoms with Crippen LogP contribution in [-0.2, 0) is 4.79 Å². The molecule has 2 nitrogen and oxygen atoms in total. The number of carbonyl (C=O) groups excluding carboxylic acids is 1. The number of likely N-dealkylation sites (tertiary alicyclic amines) is 1. The van der Waals surface area contributed by atoms with E-state index in [0.29, 0.717) is 11.8 Å². The standard InChI is InChI=1S/C18H27NO/c1-4-8-14(2)11-16-12-18(20)19(13-16)15(3)17-9-6-5-7-10-17/h5-7,9-10,14-16H,4,8,11-13H2,1-3H3/t14?,15-,16+/m1/s1. The minimum Gasteiger partial charge on any atom is -0.336 e. The maximum absolute atomic E-state index is 12.3. The maximum atomic E-state index is 12.3. The molecule has 0 aliphatic carbocycles. The van der Waals surface area contributed by atoms with Gasteiger partial charge in [0.05, 0.1) is 6.04 Å². The second-order valence-corrected chi connectivity index (χ2v) is 6.33. The molecule has 1 unspecified atom stereocenters. The predicted octanol–water partition coefficient (Wildman–Crippen LogP) is 4.42. The first-order chi connectivity index (χ1) is 9.61. The third-order valence-corrected chi connectivity index (χ3v) is 4.51. The van der Waals surface area contributed by atoms with Gasteiger partial charge in [0.15, 0.2) is 0 Å². The largest absolute Gasteiger partial charge is 0.336 e. The van der Waals surface area contributed by atoms with Crippen molar-refractivity contribution in [1.29, 1.82) is 0 Å². The van der Waals surface area contributed by atoms with E-state index >= 15 is 0 Å². The minimum absolute atomic E-state index is 0.204. The second kappa shape index (κ2) is 6.92. The summed E-state index contributed by atoms with van der Waals surface area (Å²) in [5.41, 5.74) is 1.24. The number of hydrogen-bond donors (Lipinski definition) is 0. The van der Waals surface area contributed by atoms with E-state index in [1.165, 1.54) is 24.8 Å². The Hall–Kier alpha value is -1.31. The van der Waals surface area contributed by atoms with Gasteiger partial charge in [-0.3, -0.25) is 4.79 Å². The van der Waals surface area contributed by atoms with E-state index in [9.17, 15) is 4.79 Å². The van der Waals surface area contributed by atoms with E-state index in [4.69, 9.17) is 0 Å². The summed E-state index contributed by atoms with van der Waals surface area (Å²) in [7, 11) is 0. The van der Waals surface area contributed by atoms with Crippen LogP contribution in [0.3, 0.4) is 0 Å². The van der Waals surface area contributed by atoms with Crippen LogP contribution in [0.4, 0.5) is 0 Å². The number of hydrogen-bond acceptors (Lipinski definition) is 1. The third-order valence-electron chi connectivity index (χ3n) is 4.51. The van der Waals surface area contributed by atoms with Gasteiger partial charge in [-0.1, -0.05) is 57.0 Å². The van der Waals surface area contributed by atoms with Crippen LogP contribution in [0.2, 0.25) is 0 Å². The van der Waals surface area contributed by atoms with Gasteiger partial charge in [0.1, 0.15) is 0 Å². The molecule has 1 saturated heterocycles. The summed E-state index contributed by atoms with van der Waals surface area (Å²) in [6.07, 6.45) is 4.45. The Balaban J connectivity index is 1.95. The molecule has 0 N–H and O–H groups in total. The molecule has 110 valence electrons. The monoisotopic (exact) mass is 273 g/mol. The molecule has 0 bridgehead atoms. The van der Waals surface area contributed by atoms with E-state index < -0.39 is 0 Å². The lowest BCUT2D eigenvalue weighted by Gasteiger charge is -2.25. The average Bonchev–Trinajstić information content (AvgIpc) is 2.80. The van der Waals surface area contributed by atoms with Crippen molar-refractivity contribution in [3.63, 3.8) is 0 Å². The molecule has 1 heterocycles. The van der Waals surface area contributed by atoms with Gasteiger partial charge >= 0.3 is 0 Å². The molecule has 2 heteroatoms. The number of nitrogens with zero attached hydrogens (tertiary/aromatic N) is 1. The summed E-state index contributed by atoms with van der Waals surface area (Å²) in [6, 6.07) is 10.6. The topological polar surface area (TPSA) is 20.3 Å². The molecule has 0 radical (unpaired) electrons. The second-order valence-electron chi connectivity index (χ2n) is 6.33. The van der Waals surface area contributed by atoms with E-state index in [0.717, 1.165) is 18.9 Å². The molecule has 0 aromatic heterocycles. The van der Waals surface area contributed by atoms with Crippen molar-refractivity contribution in [2.75, 3.05) is 6.54 Å². The molecule has 3 atom stereocenters. The molecule has 1 fully saturated rings. The van der Waals surface area contributed by atoms with Crippen molar-refractivity contribution in [1.82, 2.24) is 4.90 Å². The van der Waals surface area contributed by atoms with Gasteiger partial charge in [0.2, 0.25) is 5.91 Å². The van der Waals surface area contributed by atoms with E-state index in [1.54, 1.807) is 0 Å². The minimum atomic E-state index is 0.204. The number of benzene rings is 1. The Morgan fingerprint density at radius 3 is 2.60 bits per heavy atom. The predicted molar refractivity (Wildman–Crippen MR) is 83.4 cm³/mol. The molecule has 1 aromatic rings. The first kappa shape index (κ1) is 15.1. The van der Waals surface area contributed by atoms with Gasteiger partial charge in [0.25, 0.3) is 0 Å². The lowest BCUT2D eigenvalue weighted by atomic mass is 9.92. The Morgan fingerprint density at radius 2 is 1.95 bits per heavy atom. The lowest BCUT2D eigenvalue weighted by molar-refractivity contribution is -0.129. The van der Waals surface area contributed by atoms with E-state index in [-0.39, 0.29) is 6.04 Å². The Morgan fingerprint density at radius 1 is 1.25 bits per heavy atom. The zero-order chi connectivity index (χ0) is 14.5. The highest BCUT2D eigenvalue weighted by atomic mass is 16.2. The summed E-state index contributed by atoms with van der Waals surface area (Å²) in [5.74, 6) is 1.62. The first-order valence-electron chi connectivity index (χ1n) is 7.96. The highest BCUT2D eigenvalue weighted by Crippen LogP contribution is 2.32. The summed E-state index contributed by atoms with van der Waals surface area (Å²) in [5, 5.41) is 0. The molecule has 1 aliphatic heterocycles. The average molecular weight is 273 g/mol. The quantitative estimate of drug-likeness (QED) is 0.751. The first-order valence-corrected chi connectivity index (χ1v) is 7.96. The van der Waals surface area contributed by atoms with Gasteiger partial charge in [-0.25, -0.2) is 0 Å². The van der Waals surface area contributed by atoms with Crippen LogP contribution in [0.1, 0.15) is 58.1 Å². The molecule has 1 aromatic carbocycles. The highest BCUT2D eigenvalue weighted by Gasteiger charge is 2.33. The van der Waals surface area contributed by atoms with Crippen molar-refractivity contribution in [3.05, 3.63) is 35.9 Å². The Bertz CT molecular complexity index is 428. The Kier molecular flexibility index (Phi) is 5.22. The van der Waals surface area contributed by atoms with E-state index in [2.05, 4.69) is 37.8 Å². The van der Waals surface area contributed by atoms with E-state index in [1.807, 2.05) is 18.2 Å². The zero-order valence-electron chi connectivity index (χ0n) is 13.0. The van der Waals surface area contributed by atoms with Crippen LogP contribution >= 0.6 is 0 Å². The van der Waals surface area contributed by atoms with Crippen LogP contribution in [-0.4, -0.2) is 17.4 Å². The fourth-order valence-corrected chi connectivity index (χ4v) is 3.43. The van der Waals surface area contributed by atoms with Gasteiger partial charge in [-0.15, -0.1) is 0 Å². The summed E-state index contributed by atoms with van der Waals surface area (Å²) >= 11 is 0. The van der Waals surface area contributed by atoms with Crippen LogP contribution in [0.15, 0.2) is 30.3 Å². The van der Waals surface area contributed by atoms with Crippen LogP contribution in [0, 0.1) is 11.8 Å². The van der Waals surface area contributed by atoms with Gasteiger partial charge in [-0.2, -0.15) is 0 Å². The molecule has 20 heavy (non-hydrogen) atoms. The summed E-state index contributed by atoms with van der Waals surface area (Å²) < 4.78 is 0. The maximum Gasteiger partial charge on any atom is 0.223 e. The van der Waals surface area contributed by atoms with Crippen molar-refractivity contribution in [2.45, 2.75) is 52.5 Å². The van der Waals surface area contributed by atoms with Gasteiger partial charge < -0.3 is 4.90 Å². The normalized spacial score (nSPS) is 22.1. The smallest absolute Gasteiger partial charge is 0.223 e. The SMILES string of the molecule is CCCC(C)C[C@H]1CC(=O)N([C@H](C)c2ccccc2)C1. The van der Waals surface area contributed by atoms with Crippen molar-refractivity contribution in [3.8, 4) is 0 Å². The molecule has 0 saturated carbocycles. The number of amides is 1. The van der Waals surface area contributed by atoms with Crippen molar-refractivity contribution < 1.29 is 4.79 Å². The summed E-state index contributed by atoms with van der Waals surface area (Å²) in [6.45, 7) is 7.63. The van der Waals surface area contributed by atoms with Crippen LogP contribution in [0.5, 0.6) is 0 Å². The van der Waals surface area contributed by atoms with Crippen LogP contribution in [0.25, 0.3) is 0 Å². The molecule has 1 aliphatic rings. The molecule has 1 amide bonds. The molecule has 0 spiro atoms. The molecular formula is C18H27NO. The summed E-state index contributed by atoms with van der Waals surface area (Å²) in [4.78, 5) is 14.3. The fourth-order valence-electron chi connectivity index (χ4n) is 3.43. The number of carbonyl (C=O) groups is 1. The lowest BCUT2D eigenvalue weighted by Crippen LogP contribution is -2.28. The van der Waals surface area contributed by atoms with Gasteiger partial charge in [-0.05, 0) is 30.7 Å².